The Bertz CT molecular complexity index is 1350. The topological polar surface area (TPSA) is 106 Å². The number of sulfonamides is 1. The zero-order chi connectivity index (χ0) is 26.4. The third kappa shape index (κ3) is 6.76. The minimum Gasteiger partial charge on any atom is -0.497 e. The molecule has 37 heavy (non-hydrogen) atoms. The van der Waals surface area contributed by atoms with Crippen molar-refractivity contribution in [3.63, 3.8) is 0 Å². The van der Waals surface area contributed by atoms with Crippen molar-refractivity contribution in [3.05, 3.63) is 70.9 Å². The van der Waals surface area contributed by atoms with Crippen LogP contribution < -0.4 is 10.2 Å². The summed E-state index contributed by atoms with van der Waals surface area (Å²) < 4.78 is 32.9. The second kappa shape index (κ2) is 11.9. The van der Waals surface area contributed by atoms with Gasteiger partial charge in [-0.2, -0.15) is 10.2 Å². The fraction of sp³-hybridized carbons (Fsp3) is 0.346. The van der Waals surface area contributed by atoms with Gasteiger partial charge in [-0.1, -0.05) is 23.7 Å². The van der Waals surface area contributed by atoms with E-state index in [1.165, 1.54) is 4.31 Å². The third-order valence-electron chi connectivity index (χ3n) is 6.30. The van der Waals surface area contributed by atoms with E-state index < -0.39 is 15.9 Å². The minimum absolute atomic E-state index is 0.0215. The van der Waals surface area contributed by atoms with Crippen LogP contribution in [0.25, 0.3) is 11.3 Å². The molecule has 0 radical (unpaired) electrons. The molecule has 1 amide bonds. The van der Waals surface area contributed by atoms with E-state index in [4.69, 9.17) is 21.4 Å². The summed E-state index contributed by atoms with van der Waals surface area (Å²) in [6.07, 6.45) is 4.68. The Morgan fingerprint density at radius 1 is 1.22 bits per heavy atom. The number of amides is 1. The van der Waals surface area contributed by atoms with Gasteiger partial charge in [0.05, 0.1) is 31.5 Å². The number of methoxy groups -OCH3 is 1. The number of benzene rings is 2. The Hall–Kier alpha value is -3.21. The molecular formula is C26H30ClN5O4S. The van der Waals surface area contributed by atoms with Crippen LogP contribution in [0.15, 0.2) is 59.8 Å². The number of hydrazone groups is 1. The minimum atomic E-state index is -3.33. The Morgan fingerprint density at radius 2 is 1.95 bits per heavy atom. The van der Waals surface area contributed by atoms with Gasteiger partial charge in [0.25, 0.3) is 0 Å². The predicted molar refractivity (Wildman–Crippen MR) is 144 cm³/mol. The zero-order valence-electron chi connectivity index (χ0n) is 20.8. The molecule has 1 aromatic heterocycles. The Balaban J connectivity index is 1.52. The molecule has 2 heterocycles. The second-order valence-electron chi connectivity index (χ2n) is 8.82. The average Bonchev–Trinajstić information content (AvgIpc) is 3.32. The van der Waals surface area contributed by atoms with Crippen molar-refractivity contribution < 1.29 is 17.9 Å². The fourth-order valence-electron chi connectivity index (χ4n) is 4.21. The number of rotatable bonds is 9. The van der Waals surface area contributed by atoms with Gasteiger partial charge in [-0.05, 0) is 61.7 Å². The predicted octanol–water partition coefficient (Wildman–Crippen LogP) is 3.77. The van der Waals surface area contributed by atoms with Gasteiger partial charge in [-0.3, -0.25) is 9.48 Å². The van der Waals surface area contributed by atoms with Gasteiger partial charge in [0.2, 0.25) is 15.9 Å². The summed E-state index contributed by atoms with van der Waals surface area (Å²) in [6.45, 7) is 2.76. The molecule has 0 aliphatic carbocycles. The Kier molecular flexibility index (Phi) is 8.63. The number of piperidine rings is 1. The van der Waals surface area contributed by atoms with Crippen LogP contribution in [0.1, 0.15) is 30.9 Å². The average molecular weight is 544 g/mol. The highest BCUT2D eigenvalue weighted by Crippen LogP contribution is 2.24. The number of aromatic nitrogens is 2. The second-order valence-corrected chi connectivity index (χ2v) is 11.5. The van der Waals surface area contributed by atoms with Crippen molar-refractivity contribution in [1.82, 2.24) is 19.5 Å². The monoisotopic (exact) mass is 543 g/mol. The van der Waals surface area contributed by atoms with Crippen LogP contribution in [-0.4, -0.2) is 60.6 Å². The number of nitrogens with one attached hydrogen (secondary N) is 1. The van der Waals surface area contributed by atoms with Gasteiger partial charge in [-0.15, -0.1) is 0 Å². The first kappa shape index (κ1) is 26.8. The van der Waals surface area contributed by atoms with Crippen LogP contribution in [0.5, 0.6) is 5.75 Å². The van der Waals surface area contributed by atoms with Crippen LogP contribution in [0.4, 0.5) is 0 Å². The number of carbonyl (C=O) groups excluding carboxylic acids is 1. The number of hydrogen-bond acceptors (Lipinski definition) is 6. The molecule has 0 bridgehead atoms. The van der Waals surface area contributed by atoms with Crippen LogP contribution in [0, 0.1) is 5.92 Å². The molecule has 2 aromatic carbocycles. The SMILES string of the molecule is CCS(=O)(=O)N1CCCC(C(=O)NN=Cc2cn(Cc3ccc(Cl)cc3)nc2-c2ccc(OC)cc2)C1. The molecule has 1 aliphatic rings. The molecule has 4 rings (SSSR count). The lowest BCUT2D eigenvalue weighted by atomic mass is 9.99. The van der Waals surface area contributed by atoms with E-state index in [2.05, 4.69) is 10.5 Å². The lowest BCUT2D eigenvalue weighted by Crippen LogP contribution is -2.45. The molecule has 1 saturated heterocycles. The largest absolute Gasteiger partial charge is 0.497 e. The first-order valence-corrected chi connectivity index (χ1v) is 14.0. The van der Waals surface area contributed by atoms with Gasteiger partial charge >= 0.3 is 0 Å². The molecule has 1 fully saturated rings. The highest BCUT2D eigenvalue weighted by atomic mass is 35.5. The molecule has 196 valence electrons. The summed E-state index contributed by atoms with van der Waals surface area (Å²) in [4.78, 5) is 12.8. The van der Waals surface area contributed by atoms with Crippen molar-refractivity contribution in [1.29, 1.82) is 0 Å². The van der Waals surface area contributed by atoms with E-state index in [1.54, 1.807) is 24.9 Å². The normalized spacial score (nSPS) is 16.7. The first-order chi connectivity index (χ1) is 17.8. The molecular weight excluding hydrogens is 514 g/mol. The maximum absolute atomic E-state index is 12.8. The molecule has 0 saturated carbocycles. The summed E-state index contributed by atoms with van der Waals surface area (Å²) >= 11 is 6.01. The molecule has 9 nitrogen and oxygen atoms in total. The molecule has 0 spiro atoms. The highest BCUT2D eigenvalue weighted by Gasteiger charge is 2.31. The highest BCUT2D eigenvalue weighted by molar-refractivity contribution is 7.89. The van der Waals surface area contributed by atoms with E-state index in [1.807, 2.05) is 54.7 Å². The molecule has 1 unspecified atom stereocenters. The van der Waals surface area contributed by atoms with Gasteiger partial charge in [0.1, 0.15) is 11.4 Å². The Labute approximate surface area is 222 Å². The summed E-state index contributed by atoms with van der Waals surface area (Å²) in [5.74, 6) is 0.0133. The van der Waals surface area contributed by atoms with E-state index >= 15 is 0 Å². The van der Waals surface area contributed by atoms with Gasteiger partial charge in [0.15, 0.2) is 0 Å². The number of hydrogen-bond donors (Lipinski definition) is 1. The maximum Gasteiger partial charge on any atom is 0.244 e. The van der Waals surface area contributed by atoms with E-state index in [0.717, 1.165) is 22.4 Å². The lowest BCUT2D eigenvalue weighted by molar-refractivity contribution is -0.126. The van der Waals surface area contributed by atoms with Crippen LogP contribution in [0.2, 0.25) is 5.02 Å². The summed E-state index contributed by atoms with van der Waals surface area (Å²) in [5, 5.41) is 9.61. The maximum atomic E-state index is 12.8. The van der Waals surface area contributed by atoms with E-state index in [0.29, 0.717) is 36.6 Å². The van der Waals surface area contributed by atoms with Crippen molar-refractivity contribution in [2.45, 2.75) is 26.3 Å². The molecule has 1 aliphatic heterocycles. The molecule has 1 N–H and O–H groups in total. The van der Waals surface area contributed by atoms with Crippen molar-refractivity contribution in [3.8, 4) is 17.0 Å². The lowest BCUT2D eigenvalue weighted by Gasteiger charge is -2.30. The third-order valence-corrected chi connectivity index (χ3v) is 8.40. The number of nitrogens with zero attached hydrogens (tertiary/aromatic N) is 4. The Morgan fingerprint density at radius 3 is 2.62 bits per heavy atom. The smallest absolute Gasteiger partial charge is 0.244 e. The van der Waals surface area contributed by atoms with Crippen molar-refractivity contribution >= 4 is 33.7 Å². The standard InChI is InChI=1S/C26H30ClN5O4S/c1-3-37(34,35)32-14-4-5-21(18-32)26(33)29-28-15-22-17-31(16-19-6-10-23(27)11-7-19)30-25(22)20-8-12-24(36-2)13-9-20/h6-13,15,17,21H,3-5,14,16,18H2,1-2H3,(H,29,33). The summed E-state index contributed by atoms with van der Waals surface area (Å²) in [6, 6.07) is 15.1. The zero-order valence-corrected chi connectivity index (χ0v) is 22.4. The fourth-order valence-corrected chi connectivity index (χ4v) is 5.52. The van der Waals surface area contributed by atoms with Crippen LogP contribution in [-0.2, 0) is 21.4 Å². The van der Waals surface area contributed by atoms with Crippen molar-refractivity contribution in [2.24, 2.45) is 11.0 Å². The summed E-state index contributed by atoms with van der Waals surface area (Å²) in [5.41, 5.74) is 5.92. The molecule has 11 heteroatoms. The van der Waals surface area contributed by atoms with Gasteiger partial charge in [0, 0.05) is 35.4 Å². The first-order valence-electron chi connectivity index (χ1n) is 12.1. The van der Waals surface area contributed by atoms with Crippen LogP contribution >= 0.6 is 11.6 Å². The van der Waals surface area contributed by atoms with E-state index in [9.17, 15) is 13.2 Å². The number of ether oxygens (including phenoxy) is 1. The van der Waals surface area contributed by atoms with Crippen molar-refractivity contribution in [2.75, 3.05) is 26.0 Å². The van der Waals surface area contributed by atoms with E-state index in [-0.39, 0.29) is 18.2 Å². The van der Waals surface area contributed by atoms with Gasteiger partial charge < -0.3 is 4.74 Å². The summed E-state index contributed by atoms with van der Waals surface area (Å²) in [7, 11) is -1.72. The number of carbonyl (C=O) groups is 1. The van der Waals surface area contributed by atoms with Gasteiger partial charge in [-0.25, -0.2) is 18.1 Å². The quantitative estimate of drug-likeness (QED) is 0.326. The number of halogens is 1. The molecule has 1 atom stereocenters. The van der Waals surface area contributed by atoms with Crippen LogP contribution in [0.3, 0.4) is 0 Å². The molecule has 3 aromatic rings.